The van der Waals surface area contributed by atoms with Crippen molar-refractivity contribution in [2.75, 3.05) is 13.2 Å². The normalized spacial score (nSPS) is 34.6. The van der Waals surface area contributed by atoms with Crippen molar-refractivity contribution in [3.63, 3.8) is 0 Å². The van der Waals surface area contributed by atoms with E-state index >= 15 is 0 Å². The van der Waals surface area contributed by atoms with Crippen LogP contribution in [0.3, 0.4) is 0 Å². The van der Waals surface area contributed by atoms with Crippen molar-refractivity contribution in [1.29, 1.82) is 0 Å². The minimum atomic E-state index is -1.87. The summed E-state index contributed by atoms with van der Waals surface area (Å²) in [7, 11) is 0. The van der Waals surface area contributed by atoms with E-state index in [2.05, 4.69) is 10.2 Å². The van der Waals surface area contributed by atoms with E-state index in [1.54, 1.807) is 0 Å². The van der Waals surface area contributed by atoms with E-state index < -0.39 is 29.6 Å². The quantitative estimate of drug-likeness (QED) is 0.788. The van der Waals surface area contributed by atoms with Gasteiger partial charge in [-0.1, -0.05) is 30.3 Å². The van der Waals surface area contributed by atoms with Crippen LogP contribution in [-0.4, -0.2) is 57.6 Å². The zero-order chi connectivity index (χ0) is 16.4. The molecule has 2 heterocycles. The number of fused-ring (bicyclic) bond motifs is 1. The van der Waals surface area contributed by atoms with Gasteiger partial charge in [-0.3, -0.25) is 18.1 Å². The Morgan fingerprint density at radius 3 is 2.87 bits per heavy atom. The molecule has 0 saturated carbocycles. The molecule has 2 aliphatic heterocycles. The predicted octanol–water partition coefficient (Wildman–Crippen LogP) is -0.270. The number of likely N-dealkylation sites (tertiary alicyclic amines) is 1. The molecule has 2 fully saturated rings. The minimum Gasteiger partial charge on any atom is -0.388 e. The van der Waals surface area contributed by atoms with Crippen LogP contribution >= 0.6 is 0 Å². The molecule has 126 valence electrons. The average Bonchev–Trinajstić information content (AvgIpc) is 2.52. The standard InChI is InChI=1S/C15H20N2O5S/c1-10(18)16-12-8-17(7-11-5-3-2-4-6-11)13-9-21-23(20)22-15(13)14(12)19/h2-6,12-15,19H,7-9H2,1H3,(H,16,18). The molecule has 7 nitrogen and oxygen atoms in total. The van der Waals surface area contributed by atoms with Crippen molar-refractivity contribution < 1.29 is 22.5 Å². The molecule has 1 aromatic rings. The van der Waals surface area contributed by atoms with E-state index in [1.807, 2.05) is 30.3 Å². The van der Waals surface area contributed by atoms with Crippen LogP contribution in [0.15, 0.2) is 30.3 Å². The maximum atomic E-state index is 11.5. The number of hydrogen-bond donors (Lipinski definition) is 2. The lowest BCUT2D eigenvalue weighted by Crippen LogP contribution is -2.68. The first-order valence-corrected chi connectivity index (χ1v) is 8.50. The number of carbonyl (C=O) groups is 1. The van der Waals surface area contributed by atoms with Gasteiger partial charge in [-0.15, -0.1) is 0 Å². The lowest BCUT2D eigenvalue weighted by Gasteiger charge is -2.48. The summed E-state index contributed by atoms with van der Waals surface area (Å²) < 4.78 is 21.9. The van der Waals surface area contributed by atoms with Crippen molar-refractivity contribution >= 4 is 17.3 Å². The summed E-state index contributed by atoms with van der Waals surface area (Å²) in [6.07, 6.45) is -1.59. The largest absolute Gasteiger partial charge is 0.388 e. The third-order valence-electron chi connectivity index (χ3n) is 4.17. The summed E-state index contributed by atoms with van der Waals surface area (Å²) in [5, 5.41) is 13.2. The smallest absolute Gasteiger partial charge is 0.305 e. The second-order valence-electron chi connectivity index (χ2n) is 5.83. The molecule has 1 aromatic carbocycles. The summed E-state index contributed by atoms with van der Waals surface area (Å²) in [6.45, 7) is 2.72. The molecule has 0 spiro atoms. The first-order chi connectivity index (χ1) is 11.0. The van der Waals surface area contributed by atoms with E-state index in [-0.39, 0.29) is 18.6 Å². The van der Waals surface area contributed by atoms with Crippen molar-refractivity contribution in [3.8, 4) is 0 Å². The van der Waals surface area contributed by atoms with Gasteiger partial charge in [-0.05, 0) is 5.56 Å². The van der Waals surface area contributed by atoms with E-state index in [4.69, 9.17) is 8.37 Å². The number of piperidine rings is 1. The van der Waals surface area contributed by atoms with E-state index in [0.29, 0.717) is 13.1 Å². The Kier molecular flexibility index (Phi) is 5.08. The number of nitrogens with zero attached hydrogens (tertiary/aromatic N) is 1. The van der Waals surface area contributed by atoms with E-state index in [1.165, 1.54) is 6.92 Å². The van der Waals surface area contributed by atoms with Crippen LogP contribution in [0, 0.1) is 0 Å². The number of rotatable bonds is 3. The molecule has 8 heteroatoms. The highest BCUT2D eigenvalue weighted by atomic mass is 32.2. The second kappa shape index (κ2) is 7.06. The zero-order valence-electron chi connectivity index (χ0n) is 12.8. The van der Waals surface area contributed by atoms with Crippen molar-refractivity contribution in [3.05, 3.63) is 35.9 Å². The van der Waals surface area contributed by atoms with Crippen LogP contribution in [0.25, 0.3) is 0 Å². The molecule has 2 N–H and O–H groups in total. The SMILES string of the molecule is CC(=O)NC1CN(Cc2ccccc2)C2COS(=O)OC2C1O. The van der Waals surface area contributed by atoms with Gasteiger partial charge in [-0.2, -0.15) is 4.21 Å². The lowest BCUT2D eigenvalue weighted by molar-refractivity contribution is -0.129. The summed E-state index contributed by atoms with van der Waals surface area (Å²) in [6, 6.07) is 9.19. The topological polar surface area (TPSA) is 88.1 Å². The highest BCUT2D eigenvalue weighted by Crippen LogP contribution is 2.28. The second-order valence-corrected chi connectivity index (χ2v) is 6.67. The fourth-order valence-corrected chi connectivity index (χ4v) is 3.85. The number of amides is 1. The molecule has 5 atom stereocenters. The van der Waals surface area contributed by atoms with Gasteiger partial charge in [0, 0.05) is 20.0 Å². The Morgan fingerprint density at radius 2 is 2.17 bits per heavy atom. The summed E-state index contributed by atoms with van der Waals surface area (Å²) >= 11 is -1.87. The molecule has 0 aromatic heterocycles. The molecule has 5 unspecified atom stereocenters. The van der Waals surface area contributed by atoms with Crippen molar-refractivity contribution in [2.45, 2.75) is 37.8 Å². The van der Waals surface area contributed by atoms with Gasteiger partial charge in [0.15, 0.2) is 0 Å². The van der Waals surface area contributed by atoms with Crippen LogP contribution in [0.2, 0.25) is 0 Å². The Bertz CT molecular complexity index is 584. The molecule has 2 saturated heterocycles. The van der Waals surface area contributed by atoms with Gasteiger partial charge in [0.2, 0.25) is 5.91 Å². The van der Waals surface area contributed by atoms with Crippen molar-refractivity contribution in [2.24, 2.45) is 0 Å². The van der Waals surface area contributed by atoms with E-state index in [0.717, 1.165) is 5.56 Å². The van der Waals surface area contributed by atoms with Gasteiger partial charge in [0.25, 0.3) is 0 Å². The lowest BCUT2D eigenvalue weighted by atomic mass is 9.91. The van der Waals surface area contributed by atoms with Gasteiger partial charge in [0.1, 0.15) is 12.2 Å². The van der Waals surface area contributed by atoms with E-state index in [9.17, 15) is 14.1 Å². The zero-order valence-corrected chi connectivity index (χ0v) is 13.6. The molecular weight excluding hydrogens is 320 g/mol. The van der Waals surface area contributed by atoms with Gasteiger partial charge in [-0.25, -0.2) is 0 Å². The Balaban J connectivity index is 1.81. The monoisotopic (exact) mass is 340 g/mol. The maximum Gasteiger partial charge on any atom is 0.305 e. The molecular formula is C15H20N2O5S. The third-order valence-corrected chi connectivity index (χ3v) is 4.88. The highest BCUT2D eigenvalue weighted by Gasteiger charge is 2.47. The van der Waals surface area contributed by atoms with Gasteiger partial charge < -0.3 is 10.4 Å². The van der Waals surface area contributed by atoms with Gasteiger partial charge >= 0.3 is 11.4 Å². The number of aliphatic hydroxyl groups is 1. The van der Waals surface area contributed by atoms with Crippen LogP contribution in [0.5, 0.6) is 0 Å². The Hall–Kier alpha value is -1.32. The highest BCUT2D eigenvalue weighted by molar-refractivity contribution is 7.75. The fourth-order valence-electron chi connectivity index (χ4n) is 3.12. The first-order valence-electron chi connectivity index (χ1n) is 7.50. The molecule has 2 aliphatic rings. The number of benzene rings is 1. The number of nitrogens with one attached hydrogen (secondary N) is 1. The Morgan fingerprint density at radius 1 is 1.43 bits per heavy atom. The van der Waals surface area contributed by atoms with Gasteiger partial charge in [0.05, 0.1) is 18.7 Å². The number of carbonyl (C=O) groups excluding carboxylic acids is 1. The number of aliphatic hydroxyl groups excluding tert-OH is 1. The molecule has 0 bridgehead atoms. The predicted molar refractivity (Wildman–Crippen MR) is 83.2 cm³/mol. The van der Waals surface area contributed by atoms with Crippen LogP contribution in [-0.2, 0) is 31.1 Å². The summed E-state index contributed by atoms with van der Waals surface area (Å²) in [4.78, 5) is 13.5. The van der Waals surface area contributed by atoms with Crippen LogP contribution in [0.4, 0.5) is 0 Å². The molecule has 1 amide bonds. The average molecular weight is 340 g/mol. The molecule has 0 aliphatic carbocycles. The summed E-state index contributed by atoms with van der Waals surface area (Å²) in [5.74, 6) is -0.222. The third kappa shape index (κ3) is 3.78. The first kappa shape index (κ1) is 16.5. The molecule has 23 heavy (non-hydrogen) atoms. The van der Waals surface area contributed by atoms with Crippen LogP contribution < -0.4 is 5.32 Å². The number of hydrogen-bond acceptors (Lipinski definition) is 6. The molecule has 0 radical (unpaired) electrons. The summed E-state index contributed by atoms with van der Waals surface area (Å²) in [5.41, 5.74) is 1.11. The minimum absolute atomic E-state index is 0.215. The maximum absolute atomic E-state index is 11.5. The fraction of sp³-hybridized carbons (Fsp3) is 0.533. The van der Waals surface area contributed by atoms with Crippen molar-refractivity contribution in [1.82, 2.24) is 10.2 Å². The molecule has 3 rings (SSSR count). The Labute approximate surface area is 137 Å². The van der Waals surface area contributed by atoms with Crippen LogP contribution in [0.1, 0.15) is 12.5 Å².